The lowest BCUT2D eigenvalue weighted by Crippen LogP contribution is -2.54. The van der Waals surface area contributed by atoms with Gasteiger partial charge in [-0.05, 0) is 50.4 Å². The Hall–Kier alpha value is -4.57. The second-order valence-corrected chi connectivity index (χ2v) is 12.4. The van der Waals surface area contributed by atoms with Gasteiger partial charge in [0.05, 0.1) is 12.2 Å². The highest BCUT2D eigenvalue weighted by molar-refractivity contribution is 5.96. The number of ether oxygens (including phenoxy) is 2. The summed E-state index contributed by atoms with van der Waals surface area (Å²) in [5.41, 5.74) is 4.21. The Morgan fingerprint density at radius 1 is 0.978 bits per heavy atom. The highest BCUT2D eigenvalue weighted by atomic mass is 16.5. The zero-order chi connectivity index (χ0) is 30.9. The molecule has 0 radical (unpaired) electrons. The fourth-order valence-electron chi connectivity index (χ4n) is 6.84. The summed E-state index contributed by atoms with van der Waals surface area (Å²) in [5.74, 6) is 1.66. The van der Waals surface area contributed by atoms with Crippen molar-refractivity contribution in [2.24, 2.45) is 0 Å². The molecule has 3 aliphatic heterocycles. The number of likely N-dealkylation sites (tertiary alicyclic amines) is 1. The SMILES string of the molecule is CC1CN(C(=O)O)CCN1c1nc(OCC2CCCN2C)nc2c1CN(c1cc(OCc3ccccc3)cc3ccccc13)C2. The topological polar surface area (TPSA) is 94.5 Å². The molecular formula is C35H40N6O4. The van der Waals surface area contributed by atoms with Crippen LogP contribution in [0.4, 0.5) is 16.3 Å². The molecule has 2 atom stereocenters. The van der Waals surface area contributed by atoms with Crippen molar-refractivity contribution in [3.05, 3.63) is 83.6 Å². The minimum absolute atomic E-state index is 0.0349. The Kier molecular flexibility index (Phi) is 8.06. The third kappa shape index (κ3) is 6.07. The number of carboxylic acid groups (broad SMARTS) is 1. The molecule has 3 aromatic carbocycles. The first-order valence-electron chi connectivity index (χ1n) is 15.8. The minimum Gasteiger partial charge on any atom is -0.489 e. The molecule has 45 heavy (non-hydrogen) atoms. The lowest BCUT2D eigenvalue weighted by atomic mass is 10.1. The Morgan fingerprint density at radius 2 is 1.80 bits per heavy atom. The minimum atomic E-state index is -0.883. The van der Waals surface area contributed by atoms with Gasteiger partial charge in [-0.2, -0.15) is 9.97 Å². The largest absolute Gasteiger partial charge is 0.489 e. The number of rotatable bonds is 8. The molecule has 1 N–H and O–H groups in total. The second kappa shape index (κ2) is 12.4. The Labute approximate surface area is 263 Å². The number of piperazine rings is 1. The van der Waals surface area contributed by atoms with E-state index in [1.165, 1.54) is 11.3 Å². The number of nitrogens with zero attached hydrogens (tertiary/aromatic N) is 6. The van der Waals surface area contributed by atoms with Gasteiger partial charge in [0.1, 0.15) is 24.8 Å². The molecule has 3 aliphatic rings. The van der Waals surface area contributed by atoms with Gasteiger partial charge in [-0.25, -0.2) is 4.79 Å². The van der Waals surface area contributed by atoms with Crippen LogP contribution in [-0.4, -0.2) is 82.9 Å². The summed E-state index contributed by atoms with van der Waals surface area (Å²) in [6, 6.07) is 23.5. The zero-order valence-electron chi connectivity index (χ0n) is 25.9. The van der Waals surface area contributed by atoms with E-state index in [2.05, 4.69) is 77.2 Å². The smallest absolute Gasteiger partial charge is 0.407 e. The van der Waals surface area contributed by atoms with Crippen molar-refractivity contribution < 1.29 is 19.4 Å². The molecule has 4 aromatic rings. The second-order valence-electron chi connectivity index (χ2n) is 12.4. The molecule has 4 heterocycles. The van der Waals surface area contributed by atoms with Gasteiger partial charge in [0.2, 0.25) is 0 Å². The van der Waals surface area contributed by atoms with E-state index >= 15 is 0 Å². The van der Waals surface area contributed by atoms with Crippen LogP contribution in [0.2, 0.25) is 0 Å². The van der Waals surface area contributed by atoms with Crippen LogP contribution in [0.5, 0.6) is 11.8 Å². The molecule has 1 aromatic heterocycles. The van der Waals surface area contributed by atoms with Crippen LogP contribution in [0.3, 0.4) is 0 Å². The van der Waals surface area contributed by atoms with E-state index < -0.39 is 6.09 Å². The molecule has 10 nitrogen and oxygen atoms in total. The van der Waals surface area contributed by atoms with Crippen molar-refractivity contribution >= 4 is 28.4 Å². The normalized spacial score (nSPS) is 20.1. The summed E-state index contributed by atoms with van der Waals surface area (Å²) in [6.45, 7) is 6.83. The van der Waals surface area contributed by atoms with E-state index in [4.69, 9.17) is 19.4 Å². The van der Waals surface area contributed by atoms with Crippen molar-refractivity contribution in [2.75, 3.05) is 49.6 Å². The molecule has 0 spiro atoms. The first-order chi connectivity index (χ1) is 21.9. The number of benzene rings is 3. The number of fused-ring (bicyclic) bond motifs is 2. The maximum Gasteiger partial charge on any atom is 0.407 e. The summed E-state index contributed by atoms with van der Waals surface area (Å²) in [6.07, 6.45) is 1.39. The standard InChI is InChI=1S/C35H40N6O4/c1-24-19-39(35(42)43)15-16-41(24)33-30-20-40(21-31(30)36-34(37-33)45-23-27-12-8-14-38(27)2)32-18-28(17-26-11-6-7-13-29(26)32)44-22-25-9-4-3-5-10-25/h3-7,9-11,13,17-18,24,27H,8,12,14-16,19-23H2,1-2H3,(H,42,43). The van der Waals surface area contributed by atoms with E-state index in [1.807, 2.05) is 18.2 Å². The summed E-state index contributed by atoms with van der Waals surface area (Å²) < 4.78 is 12.6. The molecule has 7 rings (SSSR count). The summed E-state index contributed by atoms with van der Waals surface area (Å²) >= 11 is 0. The number of likely N-dealkylation sites (N-methyl/N-ethyl adjacent to an activating group) is 1. The van der Waals surface area contributed by atoms with Gasteiger partial charge in [0.25, 0.3) is 0 Å². The molecule has 1 amide bonds. The molecule has 0 bridgehead atoms. The predicted octanol–water partition coefficient (Wildman–Crippen LogP) is 5.39. The van der Waals surface area contributed by atoms with Gasteiger partial charge in [-0.15, -0.1) is 0 Å². The average molecular weight is 609 g/mol. The zero-order valence-corrected chi connectivity index (χ0v) is 25.9. The maximum atomic E-state index is 11.7. The molecule has 0 aliphatic carbocycles. The lowest BCUT2D eigenvalue weighted by molar-refractivity contribution is 0.136. The fraction of sp³-hybridized carbons (Fsp3) is 0.400. The molecule has 10 heteroatoms. The van der Waals surface area contributed by atoms with Crippen LogP contribution < -0.4 is 19.3 Å². The van der Waals surface area contributed by atoms with Crippen molar-refractivity contribution in [2.45, 2.75) is 51.5 Å². The van der Waals surface area contributed by atoms with Crippen LogP contribution in [0.1, 0.15) is 36.6 Å². The number of amides is 1. The quantitative estimate of drug-likeness (QED) is 0.283. The van der Waals surface area contributed by atoms with Crippen LogP contribution in [0.25, 0.3) is 10.8 Å². The van der Waals surface area contributed by atoms with Gasteiger partial charge < -0.3 is 34.2 Å². The highest BCUT2D eigenvalue weighted by Crippen LogP contribution is 2.40. The van der Waals surface area contributed by atoms with Crippen molar-refractivity contribution in [3.63, 3.8) is 0 Å². The summed E-state index contributed by atoms with van der Waals surface area (Å²) in [5, 5.41) is 11.9. The molecule has 0 saturated carbocycles. The van der Waals surface area contributed by atoms with Crippen LogP contribution >= 0.6 is 0 Å². The number of hydrogen-bond donors (Lipinski definition) is 1. The van der Waals surface area contributed by atoms with Crippen LogP contribution in [0.15, 0.2) is 66.7 Å². The molecule has 234 valence electrons. The Balaban J connectivity index is 1.21. The van der Waals surface area contributed by atoms with E-state index in [0.29, 0.717) is 58.0 Å². The molecule has 2 unspecified atom stereocenters. The van der Waals surface area contributed by atoms with Gasteiger partial charge in [-0.1, -0.05) is 54.6 Å². The lowest BCUT2D eigenvalue weighted by Gasteiger charge is -2.40. The average Bonchev–Trinajstić information content (AvgIpc) is 3.68. The van der Waals surface area contributed by atoms with E-state index in [1.54, 1.807) is 0 Å². The number of aromatic nitrogens is 2. The molecule has 2 fully saturated rings. The first kappa shape index (κ1) is 29.2. The predicted molar refractivity (Wildman–Crippen MR) is 174 cm³/mol. The van der Waals surface area contributed by atoms with Crippen LogP contribution in [-0.2, 0) is 19.7 Å². The van der Waals surface area contributed by atoms with Crippen molar-refractivity contribution in [1.82, 2.24) is 19.8 Å². The van der Waals surface area contributed by atoms with Gasteiger partial charge in [-0.3, -0.25) is 0 Å². The highest BCUT2D eigenvalue weighted by Gasteiger charge is 2.34. The first-order valence-corrected chi connectivity index (χ1v) is 15.8. The van der Waals surface area contributed by atoms with E-state index in [-0.39, 0.29) is 6.04 Å². The van der Waals surface area contributed by atoms with Gasteiger partial charge >= 0.3 is 12.1 Å². The van der Waals surface area contributed by atoms with Crippen molar-refractivity contribution in [3.8, 4) is 11.8 Å². The fourth-order valence-corrected chi connectivity index (χ4v) is 6.84. The number of hydrogen-bond acceptors (Lipinski definition) is 8. The summed E-state index contributed by atoms with van der Waals surface area (Å²) in [4.78, 5) is 30.1. The Bertz CT molecular complexity index is 1680. The van der Waals surface area contributed by atoms with Gasteiger partial charge in [0, 0.05) is 61.0 Å². The van der Waals surface area contributed by atoms with E-state index in [9.17, 15) is 9.90 Å². The third-order valence-corrected chi connectivity index (χ3v) is 9.39. The van der Waals surface area contributed by atoms with Crippen LogP contribution in [0, 0.1) is 0 Å². The molecule has 2 saturated heterocycles. The summed E-state index contributed by atoms with van der Waals surface area (Å²) in [7, 11) is 2.14. The monoisotopic (exact) mass is 608 g/mol. The van der Waals surface area contributed by atoms with Gasteiger partial charge in [0.15, 0.2) is 0 Å². The third-order valence-electron chi connectivity index (χ3n) is 9.39. The maximum absolute atomic E-state index is 11.7. The number of carbonyl (C=O) groups is 1. The van der Waals surface area contributed by atoms with Crippen molar-refractivity contribution in [1.29, 1.82) is 0 Å². The van der Waals surface area contributed by atoms with E-state index in [0.717, 1.165) is 57.8 Å². The Morgan fingerprint density at radius 3 is 2.58 bits per heavy atom. The molecular weight excluding hydrogens is 568 g/mol. The number of anilines is 2.